The number of nitrogens with one attached hydrogen (secondary N) is 1. The van der Waals surface area contributed by atoms with Crippen LogP contribution in [-0.2, 0) is 0 Å². The van der Waals surface area contributed by atoms with Crippen LogP contribution in [0.15, 0.2) is 24.3 Å². The molecule has 2 aromatic rings. The van der Waals surface area contributed by atoms with Gasteiger partial charge in [-0.1, -0.05) is 0 Å². The Hall–Kier alpha value is -1.52. The molecule has 0 fully saturated rings. The van der Waals surface area contributed by atoms with Gasteiger partial charge >= 0.3 is 0 Å². The molecule has 108 valence electrons. The molecule has 0 saturated carbocycles. The predicted molar refractivity (Wildman–Crippen MR) is 84.2 cm³/mol. The molecule has 0 saturated heterocycles. The predicted octanol–water partition coefficient (Wildman–Crippen LogP) is 3.69. The van der Waals surface area contributed by atoms with Crippen molar-refractivity contribution < 1.29 is 9.47 Å². The molecule has 1 unspecified atom stereocenters. The van der Waals surface area contributed by atoms with Gasteiger partial charge in [-0.2, -0.15) is 0 Å². The Bertz CT molecular complexity index is 592. The van der Waals surface area contributed by atoms with Crippen LogP contribution in [0.3, 0.4) is 0 Å². The Labute approximate surface area is 124 Å². The number of rotatable bonds is 5. The average Bonchev–Trinajstić information content (AvgIpc) is 2.87. The molecule has 1 aromatic carbocycles. The topological polar surface area (TPSA) is 30.5 Å². The van der Waals surface area contributed by atoms with Crippen molar-refractivity contribution >= 4 is 11.3 Å². The van der Waals surface area contributed by atoms with Crippen LogP contribution in [0, 0.1) is 13.8 Å². The number of hydrogen-bond acceptors (Lipinski definition) is 4. The lowest BCUT2D eigenvalue weighted by Crippen LogP contribution is -2.17. The molecule has 0 amide bonds. The molecule has 0 aliphatic rings. The molecule has 1 atom stereocenters. The average molecular weight is 291 g/mol. The first-order valence-corrected chi connectivity index (χ1v) is 7.38. The van der Waals surface area contributed by atoms with E-state index in [4.69, 9.17) is 9.47 Å². The monoisotopic (exact) mass is 291 g/mol. The molecule has 0 bridgehead atoms. The highest BCUT2D eigenvalue weighted by molar-refractivity contribution is 7.12. The molecule has 0 spiro atoms. The van der Waals surface area contributed by atoms with Crippen molar-refractivity contribution in [2.24, 2.45) is 0 Å². The van der Waals surface area contributed by atoms with Crippen molar-refractivity contribution in [3.05, 3.63) is 45.1 Å². The number of methoxy groups -OCH3 is 2. The molecular weight excluding hydrogens is 270 g/mol. The number of ether oxygens (including phenoxy) is 2. The molecule has 1 aromatic heterocycles. The highest BCUT2D eigenvalue weighted by Crippen LogP contribution is 2.36. The first-order chi connectivity index (χ1) is 9.60. The van der Waals surface area contributed by atoms with E-state index in [9.17, 15) is 0 Å². The fraction of sp³-hybridized carbons (Fsp3) is 0.375. The number of hydrogen-bond donors (Lipinski definition) is 1. The summed E-state index contributed by atoms with van der Waals surface area (Å²) in [7, 11) is 5.31. The van der Waals surface area contributed by atoms with Gasteiger partial charge in [-0.3, -0.25) is 0 Å². The van der Waals surface area contributed by atoms with Gasteiger partial charge < -0.3 is 14.8 Å². The van der Waals surface area contributed by atoms with Gasteiger partial charge in [-0.25, -0.2) is 0 Å². The lowest BCUT2D eigenvalue weighted by Gasteiger charge is -2.20. The summed E-state index contributed by atoms with van der Waals surface area (Å²) in [4.78, 5) is 2.62. The summed E-state index contributed by atoms with van der Waals surface area (Å²) < 4.78 is 10.8. The van der Waals surface area contributed by atoms with Crippen LogP contribution < -0.4 is 14.8 Å². The van der Waals surface area contributed by atoms with Gasteiger partial charge in [-0.05, 0) is 56.3 Å². The third-order valence-electron chi connectivity index (χ3n) is 3.42. The Morgan fingerprint density at radius 1 is 1.05 bits per heavy atom. The van der Waals surface area contributed by atoms with E-state index in [2.05, 4.69) is 37.4 Å². The van der Waals surface area contributed by atoms with E-state index < -0.39 is 0 Å². The van der Waals surface area contributed by atoms with Gasteiger partial charge in [-0.15, -0.1) is 11.3 Å². The summed E-state index contributed by atoms with van der Waals surface area (Å²) in [6.45, 7) is 4.23. The van der Waals surface area contributed by atoms with Crippen molar-refractivity contribution in [2.45, 2.75) is 19.9 Å². The first kappa shape index (κ1) is 14.9. The molecule has 1 N–H and O–H groups in total. The zero-order valence-corrected chi connectivity index (χ0v) is 13.4. The van der Waals surface area contributed by atoms with Crippen LogP contribution in [-0.4, -0.2) is 21.3 Å². The molecule has 0 aliphatic heterocycles. The second-order valence-corrected chi connectivity index (χ2v) is 6.05. The van der Waals surface area contributed by atoms with E-state index in [1.54, 1.807) is 14.2 Å². The smallest absolute Gasteiger partial charge is 0.161 e. The van der Waals surface area contributed by atoms with Crippen molar-refractivity contribution in [3.8, 4) is 11.5 Å². The van der Waals surface area contributed by atoms with Crippen LogP contribution in [0.2, 0.25) is 0 Å². The zero-order valence-electron chi connectivity index (χ0n) is 12.6. The molecule has 1 heterocycles. The largest absolute Gasteiger partial charge is 0.493 e. The van der Waals surface area contributed by atoms with Crippen LogP contribution >= 0.6 is 11.3 Å². The fourth-order valence-corrected chi connectivity index (χ4v) is 3.37. The summed E-state index contributed by atoms with van der Waals surface area (Å²) in [6, 6.07) is 8.59. The molecule has 4 heteroatoms. The quantitative estimate of drug-likeness (QED) is 0.911. The van der Waals surface area contributed by atoms with Crippen LogP contribution in [0.1, 0.15) is 26.9 Å². The SMILES string of the molecule is CNC(c1ccc(C)s1)c1cc(OC)c(OC)cc1C. The second-order valence-electron chi connectivity index (χ2n) is 4.73. The van der Waals surface area contributed by atoms with E-state index in [-0.39, 0.29) is 6.04 Å². The maximum absolute atomic E-state index is 5.42. The number of thiophene rings is 1. The minimum absolute atomic E-state index is 0.175. The van der Waals surface area contributed by atoms with E-state index in [0.29, 0.717) is 0 Å². The van der Waals surface area contributed by atoms with E-state index in [1.807, 2.05) is 24.5 Å². The van der Waals surface area contributed by atoms with Gasteiger partial charge in [0.2, 0.25) is 0 Å². The first-order valence-electron chi connectivity index (χ1n) is 6.56. The van der Waals surface area contributed by atoms with Crippen molar-refractivity contribution in [2.75, 3.05) is 21.3 Å². The van der Waals surface area contributed by atoms with Crippen LogP contribution in [0.4, 0.5) is 0 Å². The summed E-state index contributed by atoms with van der Waals surface area (Å²) in [5.74, 6) is 1.53. The van der Waals surface area contributed by atoms with E-state index in [1.165, 1.54) is 20.9 Å². The van der Waals surface area contributed by atoms with Gasteiger partial charge in [0, 0.05) is 9.75 Å². The standard InChI is InChI=1S/C16H21NO2S/c1-10-8-13(18-4)14(19-5)9-12(10)16(17-3)15-7-6-11(2)20-15/h6-9,16-17H,1-5H3. The highest BCUT2D eigenvalue weighted by atomic mass is 32.1. The summed E-state index contributed by atoms with van der Waals surface area (Å²) in [5, 5.41) is 3.39. The van der Waals surface area contributed by atoms with Crippen molar-refractivity contribution in [3.63, 3.8) is 0 Å². The molecule has 20 heavy (non-hydrogen) atoms. The molecule has 0 radical (unpaired) electrons. The molecule has 3 nitrogen and oxygen atoms in total. The Morgan fingerprint density at radius 2 is 1.70 bits per heavy atom. The maximum atomic E-state index is 5.42. The van der Waals surface area contributed by atoms with Crippen molar-refractivity contribution in [1.82, 2.24) is 5.32 Å². The molecule has 0 aliphatic carbocycles. The summed E-state index contributed by atoms with van der Waals surface area (Å²) in [5.41, 5.74) is 2.40. The van der Waals surface area contributed by atoms with Gasteiger partial charge in [0.15, 0.2) is 11.5 Å². The van der Waals surface area contributed by atoms with Crippen molar-refractivity contribution in [1.29, 1.82) is 0 Å². The van der Waals surface area contributed by atoms with E-state index >= 15 is 0 Å². The Morgan fingerprint density at radius 3 is 2.20 bits per heavy atom. The highest BCUT2D eigenvalue weighted by Gasteiger charge is 2.18. The minimum Gasteiger partial charge on any atom is -0.493 e. The maximum Gasteiger partial charge on any atom is 0.161 e. The van der Waals surface area contributed by atoms with E-state index in [0.717, 1.165) is 11.5 Å². The Kier molecular flexibility index (Phi) is 4.68. The third kappa shape index (κ3) is 2.81. The lowest BCUT2D eigenvalue weighted by molar-refractivity contribution is 0.354. The third-order valence-corrected chi connectivity index (χ3v) is 4.48. The molecule has 2 rings (SSSR count). The molecular formula is C16H21NO2S. The number of benzene rings is 1. The fourth-order valence-electron chi connectivity index (χ4n) is 2.37. The lowest BCUT2D eigenvalue weighted by atomic mass is 9.99. The second kappa shape index (κ2) is 6.29. The van der Waals surface area contributed by atoms with Crippen LogP contribution in [0.25, 0.3) is 0 Å². The number of aryl methyl sites for hydroxylation is 2. The Balaban J connectivity index is 2.49. The van der Waals surface area contributed by atoms with Crippen LogP contribution in [0.5, 0.6) is 11.5 Å². The summed E-state index contributed by atoms with van der Waals surface area (Å²) in [6.07, 6.45) is 0. The van der Waals surface area contributed by atoms with Gasteiger partial charge in [0.1, 0.15) is 0 Å². The minimum atomic E-state index is 0.175. The van der Waals surface area contributed by atoms with Gasteiger partial charge in [0.05, 0.1) is 20.3 Å². The normalized spacial score (nSPS) is 12.2. The zero-order chi connectivity index (χ0) is 14.7. The van der Waals surface area contributed by atoms with Gasteiger partial charge in [0.25, 0.3) is 0 Å². The summed E-state index contributed by atoms with van der Waals surface area (Å²) >= 11 is 1.81.